The lowest BCUT2D eigenvalue weighted by atomic mass is 10.1. The van der Waals surface area contributed by atoms with E-state index in [0.717, 1.165) is 22.9 Å². The number of hydrogen-bond acceptors (Lipinski definition) is 2. The number of nitrogens with one attached hydrogen (secondary N) is 1. The number of aromatic nitrogens is 1. The Morgan fingerprint density at radius 1 is 1.05 bits per heavy atom. The van der Waals surface area contributed by atoms with Crippen molar-refractivity contribution in [2.24, 2.45) is 0 Å². The first-order chi connectivity index (χ1) is 10.1. The third-order valence-corrected chi connectivity index (χ3v) is 3.68. The summed E-state index contributed by atoms with van der Waals surface area (Å²) < 4.78 is 7.71. The molecule has 1 N–H and O–H groups in total. The summed E-state index contributed by atoms with van der Waals surface area (Å²) in [4.78, 5) is 0. The quantitative estimate of drug-likeness (QED) is 0.739. The molecule has 0 aliphatic carbocycles. The second-order valence-corrected chi connectivity index (χ2v) is 5.38. The Morgan fingerprint density at radius 3 is 2.48 bits per heavy atom. The van der Waals surface area contributed by atoms with Gasteiger partial charge < -0.3 is 14.3 Å². The molecule has 0 aliphatic rings. The fourth-order valence-corrected chi connectivity index (χ4v) is 2.67. The monoisotopic (exact) mass is 280 g/mol. The van der Waals surface area contributed by atoms with Crippen LogP contribution in [0.25, 0.3) is 5.69 Å². The highest BCUT2D eigenvalue weighted by Crippen LogP contribution is 2.25. The Bertz CT molecular complexity index is 726. The van der Waals surface area contributed by atoms with Gasteiger partial charge in [-0.1, -0.05) is 6.07 Å². The maximum Gasteiger partial charge on any atom is 0.106 e. The molecule has 1 atom stereocenters. The van der Waals surface area contributed by atoms with Crippen molar-refractivity contribution in [1.29, 1.82) is 0 Å². The Hall–Kier alpha value is -2.42. The Kier molecular flexibility index (Phi) is 3.57. The van der Waals surface area contributed by atoms with Crippen molar-refractivity contribution in [2.75, 3.05) is 5.32 Å². The van der Waals surface area contributed by atoms with E-state index in [1.165, 1.54) is 5.56 Å². The summed E-state index contributed by atoms with van der Waals surface area (Å²) in [6.07, 6.45) is 4.10. The van der Waals surface area contributed by atoms with Crippen LogP contribution in [0.5, 0.6) is 0 Å². The van der Waals surface area contributed by atoms with Gasteiger partial charge in [0.1, 0.15) is 11.5 Å². The minimum Gasteiger partial charge on any atom is -0.466 e. The van der Waals surface area contributed by atoms with Crippen LogP contribution in [-0.2, 0) is 0 Å². The zero-order chi connectivity index (χ0) is 14.8. The van der Waals surface area contributed by atoms with Crippen LogP contribution in [-0.4, -0.2) is 4.57 Å². The highest BCUT2D eigenvalue weighted by atomic mass is 16.3. The van der Waals surface area contributed by atoms with E-state index < -0.39 is 0 Å². The Morgan fingerprint density at radius 2 is 1.81 bits per heavy atom. The van der Waals surface area contributed by atoms with Gasteiger partial charge >= 0.3 is 0 Å². The van der Waals surface area contributed by atoms with Crippen molar-refractivity contribution in [3.8, 4) is 5.69 Å². The average Bonchev–Trinajstić information content (AvgIpc) is 3.08. The summed E-state index contributed by atoms with van der Waals surface area (Å²) in [7, 11) is 0. The topological polar surface area (TPSA) is 30.1 Å². The van der Waals surface area contributed by atoms with E-state index in [1.54, 1.807) is 0 Å². The first-order valence-corrected chi connectivity index (χ1v) is 7.20. The zero-order valence-electron chi connectivity index (χ0n) is 12.6. The molecule has 2 aromatic heterocycles. The number of furan rings is 1. The molecule has 0 amide bonds. The van der Waals surface area contributed by atoms with Crippen LogP contribution in [0.4, 0.5) is 5.69 Å². The molecule has 3 aromatic rings. The fraction of sp³-hybridized carbons (Fsp3) is 0.222. The van der Waals surface area contributed by atoms with E-state index in [1.807, 2.05) is 38.4 Å². The van der Waals surface area contributed by atoms with Crippen molar-refractivity contribution in [1.82, 2.24) is 4.57 Å². The number of nitrogens with zero attached hydrogens (tertiary/aromatic N) is 1. The minimum absolute atomic E-state index is 0.211. The number of rotatable bonds is 4. The van der Waals surface area contributed by atoms with Crippen LogP contribution in [0.15, 0.2) is 59.3 Å². The molecular formula is C18H20N2O. The lowest BCUT2D eigenvalue weighted by Gasteiger charge is -2.15. The minimum atomic E-state index is 0.211. The average molecular weight is 280 g/mol. The molecule has 21 heavy (non-hydrogen) atoms. The molecule has 0 radical (unpaired) electrons. The molecule has 0 saturated carbocycles. The van der Waals surface area contributed by atoms with Gasteiger partial charge in [-0.15, -0.1) is 0 Å². The van der Waals surface area contributed by atoms with E-state index in [0.29, 0.717) is 0 Å². The number of aryl methyl sites for hydroxylation is 2. The van der Waals surface area contributed by atoms with Crippen LogP contribution < -0.4 is 5.32 Å². The third kappa shape index (κ3) is 2.87. The summed E-state index contributed by atoms with van der Waals surface area (Å²) in [6, 6.07) is 14.8. The number of anilines is 1. The van der Waals surface area contributed by atoms with Gasteiger partial charge in [-0.3, -0.25) is 0 Å². The van der Waals surface area contributed by atoms with E-state index in [2.05, 4.69) is 47.1 Å². The smallest absolute Gasteiger partial charge is 0.106 e. The standard InChI is InChI=1S/C18H20N2O/c1-13-11-18(15(3)21-13)14(2)19-16-7-6-8-17(12-16)20-9-4-5-10-20/h4-12,14,19H,1-3H3. The van der Waals surface area contributed by atoms with Gasteiger partial charge in [-0.05, 0) is 57.2 Å². The van der Waals surface area contributed by atoms with Crippen LogP contribution in [0.3, 0.4) is 0 Å². The van der Waals surface area contributed by atoms with Gasteiger partial charge in [0.25, 0.3) is 0 Å². The molecule has 3 heteroatoms. The lowest BCUT2D eigenvalue weighted by Crippen LogP contribution is -2.07. The molecule has 0 fully saturated rings. The molecule has 1 unspecified atom stereocenters. The second kappa shape index (κ2) is 5.52. The molecule has 1 aromatic carbocycles. The fourth-order valence-electron chi connectivity index (χ4n) is 2.67. The van der Waals surface area contributed by atoms with Crippen molar-refractivity contribution >= 4 is 5.69 Å². The van der Waals surface area contributed by atoms with Crippen molar-refractivity contribution in [3.05, 3.63) is 71.9 Å². The Balaban J connectivity index is 1.82. The molecule has 0 aliphatic heterocycles. The van der Waals surface area contributed by atoms with E-state index >= 15 is 0 Å². The molecule has 108 valence electrons. The molecule has 0 bridgehead atoms. The van der Waals surface area contributed by atoms with Gasteiger partial charge in [-0.25, -0.2) is 0 Å². The predicted octanol–water partition coefficient (Wildman–Crippen LogP) is 4.86. The van der Waals surface area contributed by atoms with Gasteiger partial charge in [0.2, 0.25) is 0 Å². The van der Waals surface area contributed by atoms with Crippen LogP contribution in [0.2, 0.25) is 0 Å². The third-order valence-electron chi connectivity index (χ3n) is 3.68. The van der Waals surface area contributed by atoms with E-state index in [9.17, 15) is 0 Å². The highest BCUT2D eigenvalue weighted by Gasteiger charge is 2.12. The lowest BCUT2D eigenvalue weighted by molar-refractivity contribution is 0.500. The summed E-state index contributed by atoms with van der Waals surface area (Å²) >= 11 is 0. The Labute approximate surface area is 125 Å². The van der Waals surface area contributed by atoms with Gasteiger partial charge in [0.05, 0.1) is 6.04 Å². The normalized spacial score (nSPS) is 12.3. The zero-order valence-corrected chi connectivity index (χ0v) is 12.6. The van der Waals surface area contributed by atoms with E-state index in [4.69, 9.17) is 4.42 Å². The largest absolute Gasteiger partial charge is 0.466 e. The summed E-state index contributed by atoms with van der Waals surface area (Å²) in [5, 5.41) is 3.54. The van der Waals surface area contributed by atoms with Crippen LogP contribution in [0.1, 0.15) is 30.0 Å². The SMILES string of the molecule is Cc1cc(C(C)Nc2cccc(-n3cccc3)c2)c(C)o1. The summed E-state index contributed by atoms with van der Waals surface area (Å²) in [5.74, 6) is 1.94. The maximum absolute atomic E-state index is 5.61. The second-order valence-electron chi connectivity index (χ2n) is 5.38. The molecule has 3 nitrogen and oxygen atoms in total. The van der Waals surface area contributed by atoms with Gasteiger partial charge in [0.15, 0.2) is 0 Å². The van der Waals surface area contributed by atoms with Crippen molar-refractivity contribution < 1.29 is 4.42 Å². The number of hydrogen-bond donors (Lipinski definition) is 1. The van der Waals surface area contributed by atoms with Gasteiger partial charge in [0, 0.05) is 29.3 Å². The highest BCUT2D eigenvalue weighted by molar-refractivity contribution is 5.52. The molecule has 2 heterocycles. The first-order valence-electron chi connectivity index (χ1n) is 7.20. The van der Waals surface area contributed by atoms with Crippen LogP contribution in [0, 0.1) is 13.8 Å². The summed E-state index contributed by atoms with van der Waals surface area (Å²) in [5.41, 5.74) is 3.46. The maximum atomic E-state index is 5.61. The van der Waals surface area contributed by atoms with Crippen LogP contribution >= 0.6 is 0 Å². The van der Waals surface area contributed by atoms with E-state index in [-0.39, 0.29) is 6.04 Å². The van der Waals surface area contributed by atoms with Crippen molar-refractivity contribution in [2.45, 2.75) is 26.8 Å². The predicted molar refractivity (Wildman–Crippen MR) is 86.0 cm³/mol. The molecule has 0 spiro atoms. The van der Waals surface area contributed by atoms with Gasteiger partial charge in [-0.2, -0.15) is 0 Å². The molecular weight excluding hydrogens is 260 g/mol. The first kappa shape index (κ1) is 13.6. The van der Waals surface area contributed by atoms with Crippen molar-refractivity contribution in [3.63, 3.8) is 0 Å². The number of benzene rings is 1. The molecule has 0 saturated heterocycles. The molecule has 3 rings (SSSR count). The summed E-state index contributed by atoms with van der Waals surface area (Å²) in [6.45, 7) is 6.15.